The number of nitrogens with one attached hydrogen (secondary N) is 6. The molecule has 0 saturated carbocycles. The Kier molecular flexibility index (Phi) is 23.9. The molecule has 0 radical (unpaired) electrons. The fraction of sp³-hybridized carbons (Fsp3) is 0.774. The number of thioether (sulfide) groups is 2. The third-order valence-corrected chi connectivity index (χ3v) is 8.28. The third-order valence-electron chi connectivity index (χ3n) is 6.42. The molecule has 0 aromatic heterocycles. The first-order valence-electron chi connectivity index (χ1n) is 16.3. The Morgan fingerprint density at radius 3 is 1.30 bits per heavy atom. The van der Waals surface area contributed by atoms with Gasteiger partial charge in [0.05, 0.1) is 37.2 Å². The van der Waals surface area contributed by atoms with Crippen molar-refractivity contribution in [2.24, 2.45) is 11.8 Å². The first kappa shape index (κ1) is 46.7. The van der Waals surface area contributed by atoms with E-state index >= 15 is 0 Å². The molecule has 0 aromatic rings. The van der Waals surface area contributed by atoms with Crippen LogP contribution in [0.1, 0.15) is 61.3 Å². The van der Waals surface area contributed by atoms with Gasteiger partial charge in [-0.2, -0.15) is 0 Å². The molecule has 6 N–H and O–H groups in total. The van der Waals surface area contributed by atoms with Gasteiger partial charge in [0.15, 0.2) is 0 Å². The predicted octanol–water partition coefficient (Wildman–Crippen LogP) is 0.339. The molecule has 0 spiro atoms. The Morgan fingerprint density at radius 2 is 0.980 bits per heavy atom. The van der Waals surface area contributed by atoms with E-state index in [1.165, 1.54) is 19.1 Å². The second-order valence-corrected chi connectivity index (χ2v) is 14.7. The lowest BCUT2D eigenvalue weighted by molar-refractivity contribution is -0.146. The molecule has 0 aliphatic rings. The van der Waals surface area contributed by atoms with Crippen LogP contribution in [0, 0.1) is 11.8 Å². The van der Waals surface area contributed by atoms with E-state index in [1.54, 1.807) is 48.5 Å². The second-order valence-electron chi connectivity index (χ2n) is 12.7. The minimum Gasteiger partial charge on any atom is -0.468 e. The molecule has 0 rings (SSSR count). The Labute approximate surface area is 303 Å². The molecule has 0 bridgehead atoms. The zero-order valence-corrected chi connectivity index (χ0v) is 32.4. The summed E-state index contributed by atoms with van der Waals surface area (Å²) in [4.78, 5) is 86.5. The Balaban J connectivity index is 4.50. The van der Waals surface area contributed by atoms with E-state index in [1.807, 2.05) is 0 Å². The van der Waals surface area contributed by atoms with Crippen molar-refractivity contribution in [1.29, 1.82) is 0 Å². The number of carbonyl (C=O) groups is 7. The van der Waals surface area contributed by atoms with Crippen LogP contribution in [0.2, 0.25) is 0 Å². The van der Waals surface area contributed by atoms with E-state index in [0.29, 0.717) is 39.0 Å². The van der Waals surface area contributed by atoms with E-state index in [9.17, 15) is 33.6 Å². The highest BCUT2D eigenvalue weighted by molar-refractivity contribution is 8.00. The van der Waals surface area contributed by atoms with E-state index < -0.39 is 47.5 Å². The normalized spacial score (nSPS) is 12.4. The van der Waals surface area contributed by atoms with Gasteiger partial charge >= 0.3 is 18.0 Å². The maximum absolute atomic E-state index is 12.8. The standard InChI is InChI=1S/C31H57N7O10S2/c1-20(2)26(28(43)46-8)36-34-24(41)18-49-16-22(39)32-12-10-14-38(30(45)48-31(5,6)7)15-11-13-33-23(40)17-50-19-25(42)35-37-27(21(3)4)29(44)47-9/h20-21,26-27,36-37H,10-19H2,1-9H3,(H,32,39)(H,33,40)(H,34,41)(H,35,42)/t26-,27-/m0/s1. The number of rotatable bonds is 24. The fourth-order valence-electron chi connectivity index (χ4n) is 3.83. The number of hydrogen-bond acceptors (Lipinski definition) is 14. The maximum atomic E-state index is 12.8. The van der Waals surface area contributed by atoms with E-state index in [0.717, 1.165) is 23.5 Å². The number of ether oxygens (including phenoxy) is 3. The average Bonchev–Trinajstić information content (AvgIpc) is 3.02. The summed E-state index contributed by atoms with van der Waals surface area (Å²) < 4.78 is 14.9. The predicted molar refractivity (Wildman–Crippen MR) is 192 cm³/mol. The molecule has 19 heteroatoms. The second kappa shape index (κ2) is 25.6. The lowest BCUT2D eigenvalue weighted by atomic mass is 10.1. The highest BCUT2D eigenvalue weighted by Gasteiger charge is 2.25. The molecule has 5 amide bonds. The smallest absolute Gasteiger partial charge is 0.410 e. The molecular formula is C31H57N7O10S2. The van der Waals surface area contributed by atoms with Gasteiger partial charge < -0.3 is 29.7 Å². The van der Waals surface area contributed by atoms with E-state index in [4.69, 9.17) is 14.2 Å². The average molecular weight is 752 g/mol. The first-order chi connectivity index (χ1) is 23.4. The lowest BCUT2D eigenvalue weighted by Gasteiger charge is -2.27. The Morgan fingerprint density at radius 1 is 0.620 bits per heavy atom. The van der Waals surface area contributed by atoms with Gasteiger partial charge in [-0.15, -0.1) is 23.5 Å². The van der Waals surface area contributed by atoms with Gasteiger partial charge in [-0.1, -0.05) is 27.7 Å². The van der Waals surface area contributed by atoms with Gasteiger partial charge in [-0.05, 0) is 45.4 Å². The van der Waals surface area contributed by atoms with Crippen molar-refractivity contribution in [1.82, 2.24) is 37.2 Å². The number of methoxy groups -OCH3 is 2. The number of hydrogen-bond donors (Lipinski definition) is 6. The van der Waals surface area contributed by atoms with Gasteiger partial charge in [0.1, 0.15) is 17.7 Å². The molecule has 288 valence electrons. The van der Waals surface area contributed by atoms with Crippen LogP contribution in [-0.4, -0.2) is 128 Å². The van der Waals surface area contributed by atoms with Crippen molar-refractivity contribution in [3.8, 4) is 0 Å². The molecule has 17 nitrogen and oxygen atoms in total. The van der Waals surface area contributed by atoms with Crippen LogP contribution in [0.4, 0.5) is 4.79 Å². The van der Waals surface area contributed by atoms with E-state index in [2.05, 4.69) is 32.3 Å². The molecular weight excluding hydrogens is 695 g/mol. The summed E-state index contributed by atoms with van der Waals surface area (Å²) >= 11 is 2.22. The maximum Gasteiger partial charge on any atom is 0.410 e. The summed E-state index contributed by atoms with van der Waals surface area (Å²) in [5.41, 5.74) is 9.51. The zero-order chi connectivity index (χ0) is 38.3. The topological polar surface area (TPSA) is 223 Å². The van der Waals surface area contributed by atoms with Gasteiger partial charge in [0.2, 0.25) is 23.6 Å². The number of amides is 5. The monoisotopic (exact) mass is 751 g/mol. The molecule has 0 fully saturated rings. The van der Waals surface area contributed by atoms with Gasteiger partial charge in [-0.3, -0.25) is 39.6 Å². The minimum atomic E-state index is -0.708. The molecule has 50 heavy (non-hydrogen) atoms. The van der Waals surface area contributed by atoms with Crippen LogP contribution < -0.4 is 32.3 Å². The lowest BCUT2D eigenvalue weighted by Crippen LogP contribution is -2.51. The summed E-state index contributed by atoms with van der Waals surface area (Å²) in [7, 11) is 2.53. The Hall–Kier alpha value is -3.29. The molecule has 0 aliphatic heterocycles. The van der Waals surface area contributed by atoms with Crippen molar-refractivity contribution in [2.45, 2.75) is 79.0 Å². The largest absolute Gasteiger partial charge is 0.468 e. The minimum absolute atomic E-state index is 0.00181. The van der Waals surface area contributed by atoms with Crippen molar-refractivity contribution in [2.75, 3.05) is 63.4 Å². The number of hydrazine groups is 2. The SMILES string of the molecule is COC(=O)[C@@H](NNC(=O)CSCC(=O)NCCCN(CCCNC(=O)CSCC(=O)NN[C@H](C(=O)OC)C(C)C)C(=O)OC(C)(C)C)C(C)C. The van der Waals surface area contributed by atoms with Crippen LogP contribution in [0.25, 0.3) is 0 Å². The molecule has 0 heterocycles. The number of nitrogens with zero attached hydrogens (tertiary/aromatic N) is 1. The summed E-state index contributed by atoms with van der Waals surface area (Å²) in [5.74, 6) is -2.47. The molecule has 0 saturated heterocycles. The van der Waals surface area contributed by atoms with E-state index in [-0.39, 0.29) is 46.7 Å². The van der Waals surface area contributed by atoms with Gasteiger partial charge in [0, 0.05) is 26.2 Å². The van der Waals surface area contributed by atoms with Crippen LogP contribution >= 0.6 is 23.5 Å². The quantitative estimate of drug-likeness (QED) is 0.0339. The summed E-state index contributed by atoms with van der Waals surface area (Å²) in [6, 6.07) is -1.40. The van der Waals surface area contributed by atoms with Crippen LogP contribution in [0.15, 0.2) is 0 Å². The highest BCUT2D eigenvalue weighted by atomic mass is 32.2. The molecule has 0 aromatic carbocycles. The van der Waals surface area contributed by atoms with Gasteiger partial charge in [0.25, 0.3) is 0 Å². The van der Waals surface area contributed by atoms with Crippen molar-refractivity contribution in [3.63, 3.8) is 0 Å². The third kappa shape index (κ3) is 22.4. The van der Waals surface area contributed by atoms with Crippen molar-refractivity contribution in [3.05, 3.63) is 0 Å². The van der Waals surface area contributed by atoms with Crippen LogP contribution in [0.5, 0.6) is 0 Å². The molecule has 2 atom stereocenters. The Bertz CT molecular complexity index is 1040. The van der Waals surface area contributed by atoms with Crippen LogP contribution in [0.3, 0.4) is 0 Å². The first-order valence-corrected chi connectivity index (χ1v) is 18.6. The summed E-state index contributed by atoms with van der Waals surface area (Å²) in [5, 5.41) is 5.53. The highest BCUT2D eigenvalue weighted by Crippen LogP contribution is 2.11. The number of esters is 2. The van der Waals surface area contributed by atoms with Crippen molar-refractivity contribution < 1.29 is 47.8 Å². The molecule has 0 aliphatic carbocycles. The summed E-state index contributed by atoms with van der Waals surface area (Å²) in [6.45, 7) is 13.7. The van der Waals surface area contributed by atoms with Crippen molar-refractivity contribution >= 4 is 65.2 Å². The van der Waals surface area contributed by atoms with Gasteiger partial charge in [-0.25, -0.2) is 15.6 Å². The summed E-state index contributed by atoms with van der Waals surface area (Å²) in [6.07, 6.45) is 0.378. The fourth-order valence-corrected chi connectivity index (χ4v) is 5.12. The van der Waals surface area contributed by atoms with Crippen LogP contribution in [-0.2, 0) is 43.0 Å². The number of carbonyl (C=O) groups excluding carboxylic acids is 7. The molecule has 0 unspecified atom stereocenters. The zero-order valence-electron chi connectivity index (χ0n) is 30.7.